The molecule has 18 heavy (non-hydrogen) atoms. The number of rotatable bonds is 4. The lowest BCUT2D eigenvalue weighted by Crippen LogP contribution is -2.47. The molecule has 0 radical (unpaired) electrons. The number of aryl methyl sites for hydroxylation is 1. The maximum Gasteiger partial charge on any atom is 0.234 e. The molecule has 1 saturated heterocycles. The summed E-state index contributed by atoms with van der Waals surface area (Å²) in [7, 11) is 1.63. The van der Waals surface area contributed by atoms with Crippen LogP contribution < -0.4 is 10.6 Å². The highest BCUT2D eigenvalue weighted by molar-refractivity contribution is 5.94. The van der Waals surface area contributed by atoms with E-state index in [0.29, 0.717) is 12.4 Å². The van der Waals surface area contributed by atoms with Crippen molar-refractivity contribution in [1.82, 2.24) is 15.5 Å². The first-order valence-electron chi connectivity index (χ1n) is 6.19. The van der Waals surface area contributed by atoms with Gasteiger partial charge in [-0.05, 0) is 32.9 Å². The number of nitrogens with zero attached hydrogens (tertiary/aromatic N) is 1. The molecule has 2 rings (SSSR count). The molecule has 6 heteroatoms. The summed E-state index contributed by atoms with van der Waals surface area (Å²) in [4.78, 5) is 12.4. The summed E-state index contributed by atoms with van der Waals surface area (Å²) in [6.07, 6.45) is 1.58. The van der Waals surface area contributed by atoms with E-state index in [0.717, 1.165) is 31.6 Å². The fraction of sp³-hybridized carbons (Fsp3) is 0.667. The van der Waals surface area contributed by atoms with Gasteiger partial charge < -0.3 is 15.4 Å². The number of aromatic nitrogens is 2. The molecule has 1 amide bonds. The van der Waals surface area contributed by atoms with Crippen molar-refractivity contribution in [3.63, 3.8) is 0 Å². The van der Waals surface area contributed by atoms with Crippen LogP contribution in [0.5, 0.6) is 0 Å². The third-order valence-electron chi connectivity index (χ3n) is 3.41. The van der Waals surface area contributed by atoms with E-state index in [9.17, 15) is 4.79 Å². The molecule has 0 unspecified atom stereocenters. The van der Waals surface area contributed by atoms with Crippen LogP contribution in [0.15, 0.2) is 6.07 Å². The van der Waals surface area contributed by atoms with Gasteiger partial charge in [0.15, 0.2) is 5.82 Å². The van der Waals surface area contributed by atoms with Gasteiger partial charge in [0.05, 0.1) is 12.0 Å². The molecular weight excluding hydrogens is 232 g/mol. The van der Waals surface area contributed by atoms with Crippen LogP contribution in [0.25, 0.3) is 0 Å². The van der Waals surface area contributed by atoms with E-state index < -0.39 is 5.41 Å². The fourth-order valence-electron chi connectivity index (χ4n) is 2.35. The highest BCUT2D eigenvalue weighted by Gasteiger charge is 2.39. The van der Waals surface area contributed by atoms with Crippen molar-refractivity contribution in [3.05, 3.63) is 11.8 Å². The Kier molecular flexibility index (Phi) is 3.98. The monoisotopic (exact) mass is 252 g/mol. The first-order valence-corrected chi connectivity index (χ1v) is 6.19. The quantitative estimate of drug-likeness (QED) is 0.736. The zero-order valence-corrected chi connectivity index (χ0v) is 10.9. The second-order valence-electron chi connectivity index (χ2n) is 4.85. The van der Waals surface area contributed by atoms with Crippen molar-refractivity contribution in [2.24, 2.45) is 5.41 Å². The molecule has 1 aromatic heterocycles. The van der Waals surface area contributed by atoms with Gasteiger partial charge in [-0.2, -0.15) is 5.10 Å². The number of hydrogen-bond donors (Lipinski definition) is 3. The Labute approximate surface area is 106 Å². The first-order chi connectivity index (χ1) is 8.66. The van der Waals surface area contributed by atoms with E-state index in [2.05, 4.69) is 20.8 Å². The lowest BCUT2D eigenvalue weighted by Gasteiger charge is -2.35. The summed E-state index contributed by atoms with van der Waals surface area (Å²) in [5.74, 6) is 0.573. The lowest BCUT2D eigenvalue weighted by molar-refractivity contribution is -0.130. The molecule has 2 heterocycles. The summed E-state index contributed by atoms with van der Waals surface area (Å²) in [6, 6.07) is 1.82. The van der Waals surface area contributed by atoms with Crippen molar-refractivity contribution in [2.45, 2.75) is 19.8 Å². The van der Waals surface area contributed by atoms with Crippen LogP contribution in [0, 0.1) is 12.3 Å². The van der Waals surface area contributed by atoms with Crippen LogP contribution in [0.3, 0.4) is 0 Å². The van der Waals surface area contributed by atoms with Gasteiger partial charge >= 0.3 is 0 Å². The number of aromatic amines is 1. The molecule has 0 saturated carbocycles. The third kappa shape index (κ3) is 2.70. The molecule has 0 aliphatic carbocycles. The van der Waals surface area contributed by atoms with Crippen LogP contribution in [-0.2, 0) is 9.53 Å². The summed E-state index contributed by atoms with van der Waals surface area (Å²) in [6.45, 7) is 4.04. The predicted molar refractivity (Wildman–Crippen MR) is 68.4 cm³/mol. The van der Waals surface area contributed by atoms with Gasteiger partial charge in [-0.25, -0.2) is 0 Å². The second kappa shape index (κ2) is 5.49. The molecule has 0 bridgehead atoms. The van der Waals surface area contributed by atoms with Crippen LogP contribution >= 0.6 is 0 Å². The molecule has 0 atom stereocenters. The van der Waals surface area contributed by atoms with Gasteiger partial charge in [0.2, 0.25) is 5.91 Å². The van der Waals surface area contributed by atoms with Crippen LogP contribution in [0.1, 0.15) is 18.5 Å². The maximum absolute atomic E-state index is 12.4. The normalized spacial score (nSPS) is 18.6. The lowest BCUT2D eigenvalue weighted by atomic mass is 9.78. The Morgan fingerprint density at radius 3 is 2.83 bits per heavy atom. The molecule has 3 N–H and O–H groups in total. The van der Waals surface area contributed by atoms with Crippen molar-refractivity contribution in [3.8, 4) is 0 Å². The Morgan fingerprint density at radius 1 is 1.56 bits per heavy atom. The van der Waals surface area contributed by atoms with Gasteiger partial charge in [-0.3, -0.25) is 9.89 Å². The minimum absolute atomic E-state index is 0.00245. The number of H-pyrrole nitrogens is 1. The second-order valence-corrected chi connectivity index (χ2v) is 4.85. The van der Waals surface area contributed by atoms with Crippen LogP contribution in [0.4, 0.5) is 5.82 Å². The van der Waals surface area contributed by atoms with Gasteiger partial charge in [0, 0.05) is 18.9 Å². The molecule has 6 nitrogen and oxygen atoms in total. The Hall–Kier alpha value is -1.40. The third-order valence-corrected chi connectivity index (χ3v) is 3.41. The molecular formula is C12H20N4O2. The number of amides is 1. The van der Waals surface area contributed by atoms with E-state index in [1.54, 1.807) is 7.11 Å². The minimum atomic E-state index is -0.438. The number of ether oxygens (including phenoxy) is 1. The van der Waals surface area contributed by atoms with E-state index in [4.69, 9.17) is 4.74 Å². The van der Waals surface area contributed by atoms with Crippen LogP contribution in [-0.4, -0.2) is 42.9 Å². The summed E-state index contributed by atoms with van der Waals surface area (Å²) >= 11 is 0. The number of carbonyl (C=O) groups is 1. The first kappa shape index (κ1) is 13.0. The number of hydrogen-bond acceptors (Lipinski definition) is 4. The zero-order valence-electron chi connectivity index (χ0n) is 10.9. The molecule has 1 aliphatic rings. The summed E-state index contributed by atoms with van der Waals surface area (Å²) in [5, 5.41) is 13.0. The summed E-state index contributed by atoms with van der Waals surface area (Å²) in [5.41, 5.74) is 0.490. The fourth-order valence-corrected chi connectivity index (χ4v) is 2.35. The molecule has 100 valence electrons. The maximum atomic E-state index is 12.4. The summed E-state index contributed by atoms with van der Waals surface area (Å²) < 4.78 is 5.23. The van der Waals surface area contributed by atoms with Crippen LogP contribution in [0.2, 0.25) is 0 Å². The molecule has 1 aliphatic heterocycles. The van der Waals surface area contributed by atoms with Crippen molar-refractivity contribution >= 4 is 11.7 Å². The van der Waals surface area contributed by atoms with E-state index in [-0.39, 0.29) is 5.91 Å². The van der Waals surface area contributed by atoms with E-state index >= 15 is 0 Å². The largest absolute Gasteiger partial charge is 0.384 e. The molecule has 1 aromatic rings. The highest BCUT2D eigenvalue weighted by Crippen LogP contribution is 2.30. The smallest absolute Gasteiger partial charge is 0.234 e. The Bertz CT molecular complexity index is 404. The van der Waals surface area contributed by atoms with Gasteiger partial charge in [-0.1, -0.05) is 0 Å². The van der Waals surface area contributed by atoms with Gasteiger partial charge in [-0.15, -0.1) is 0 Å². The molecule has 1 fully saturated rings. The van der Waals surface area contributed by atoms with Gasteiger partial charge in [0.1, 0.15) is 0 Å². The number of carbonyl (C=O) groups excluding carboxylic acids is 1. The van der Waals surface area contributed by atoms with Gasteiger partial charge in [0.25, 0.3) is 0 Å². The van der Waals surface area contributed by atoms with Crippen molar-refractivity contribution in [1.29, 1.82) is 0 Å². The molecule has 0 spiro atoms. The SMILES string of the molecule is COCC1(C(=O)Nc2cc(C)[nH]n2)CCNCC1. The van der Waals surface area contributed by atoms with Crippen molar-refractivity contribution in [2.75, 3.05) is 32.1 Å². The average molecular weight is 252 g/mol. The Balaban J connectivity index is 2.08. The zero-order chi connectivity index (χ0) is 13.0. The molecule has 0 aromatic carbocycles. The number of nitrogens with one attached hydrogen (secondary N) is 3. The predicted octanol–water partition coefficient (Wildman–Crippen LogP) is 0.673. The topological polar surface area (TPSA) is 79.0 Å². The number of methoxy groups -OCH3 is 1. The average Bonchev–Trinajstić information content (AvgIpc) is 2.76. The highest BCUT2D eigenvalue weighted by atomic mass is 16.5. The van der Waals surface area contributed by atoms with E-state index in [1.807, 2.05) is 13.0 Å². The Morgan fingerprint density at radius 2 is 2.28 bits per heavy atom. The minimum Gasteiger partial charge on any atom is -0.384 e. The number of piperidine rings is 1. The van der Waals surface area contributed by atoms with E-state index in [1.165, 1.54) is 0 Å². The van der Waals surface area contributed by atoms with Crippen molar-refractivity contribution < 1.29 is 9.53 Å². The standard InChI is InChI=1S/C12H20N4O2/c1-9-7-10(16-15-9)14-11(17)12(8-18-2)3-5-13-6-4-12/h7,13H,3-6,8H2,1-2H3,(H2,14,15,16,17). The number of anilines is 1.